The first kappa shape index (κ1) is 16.3. The van der Waals surface area contributed by atoms with Gasteiger partial charge < -0.3 is 14.2 Å². The largest absolute Gasteiger partial charge is 0.468 e. The highest BCUT2D eigenvalue weighted by molar-refractivity contribution is 6.32. The zero-order valence-electron chi connectivity index (χ0n) is 12.8. The van der Waals surface area contributed by atoms with Gasteiger partial charge in [0.15, 0.2) is 5.15 Å². The minimum atomic E-state index is -0.192. The molecule has 0 bridgehead atoms. The van der Waals surface area contributed by atoms with Crippen LogP contribution in [0.25, 0.3) is 0 Å². The first-order chi connectivity index (χ1) is 11.7. The summed E-state index contributed by atoms with van der Waals surface area (Å²) in [5.41, 5.74) is 0.486. The molecule has 1 N–H and O–H groups in total. The Morgan fingerprint density at radius 1 is 1.08 bits per heavy atom. The van der Waals surface area contributed by atoms with Crippen molar-refractivity contribution in [3.05, 3.63) is 71.8 Å². The average molecular weight is 346 g/mol. The Morgan fingerprint density at radius 2 is 1.75 bits per heavy atom. The number of carbonyl (C=O) groups excluding carboxylic acids is 1. The second kappa shape index (κ2) is 7.81. The Labute approximate surface area is 144 Å². The molecule has 7 heteroatoms. The van der Waals surface area contributed by atoms with Crippen LogP contribution in [0.5, 0.6) is 0 Å². The summed E-state index contributed by atoms with van der Waals surface area (Å²) >= 11 is 5.97. The predicted molar refractivity (Wildman–Crippen MR) is 89.4 cm³/mol. The van der Waals surface area contributed by atoms with Crippen LogP contribution < -0.4 is 5.32 Å². The van der Waals surface area contributed by atoms with E-state index in [4.69, 9.17) is 20.4 Å². The van der Waals surface area contributed by atoms with Gasteiger partial charge in [-0.3, -0.25) is 9.69 Å². The number of nitrogens with zero attached hydrogens (tertiary/aromatic N) is 2. The monoisotopic (exact) mass is 345 g/mol. The summed E-state index contributed by atoms with van der Waals surface area (Å²) in [5, 5.41) is 3.02. The molecular weight excluding hydrogens is 330 g/mol. The van der Waals surface area contributed by atoms with Crippen molar-refractivity contribution in [2.45, 2.75) is 13.1 Å². The number of anilines is 1. The number of carbonyl (C=O) groups is 1. The fraction of sp³-hybridized carbons (Fsp3) is 0.176. The molecule has 0 aromatic carbocycles. The maximum atomic E-state index is 12.3. The van der Waals surface area contributed by atoms with Gasteiger partial charge in [0.25, 0.3) is 0 Å². The van der Waals surface area contributed by atoms with Crippen molar-refractivity contribution in [2.24, 2.45) is 0 Å². The van der Waals surface area contributed by atoms with Crippen LogP contribution in [0.2, 0.25) is 5.15 Å². The van der Waals surface area contributed by atoms with Crippen LogP contribution in [-0.2, 0) is 17.9 Å². The Hall–Kier alpha value is -2.57. The van der Waals surface area contributed by atoms with Crippen molar-refractivity contribution < 1.29 is 13.6 Å². The van der Waals surface area contributed by atoms with Crippen LogP contribution in [0.15, 0.2) is 64.0 Å². The van der Waals surface area contributed by atoms with Crippen molar-refractivity contribution in [3.8, 4) is 0 Å². The molecule has 124 valence electrons. The van der Waals surface area contributed by atoms with Crippen LogP contribution in [0.3, 0.4) is 0 Å². The smallest absolute Gasteiger partial charge is 0.238 e. The highest BCUT2D eigenvalue weighted by Crippen LogP contribution is 2.18. The molecule has 6 nitrogen and oxygen atoms in total. The lowest BCUT2D eigenvalue weighted by molar-refractivity contribution is -0.117. The standard InChI is InChI=1S/C17H16ClN3O3/c18-17-15(6-1-7-19-17)20-16(22)12-21(10-13-4-2-8-23-13)11-14-5-3-9-24-14/h1-9H,10-12H2,(H,20,22). The number of halogens is 1. The number of nitrogens with one attached hydrogen (secondary N) is 1. The number of furan rings is 2. The Kier molecular flexibility index (Phi) is 5.30. The number of amides is 1. The SMILES string of the molecule is O=C(CN(Cc1ccco1)Cc1ccco1)Nc1cccnc1Cl. The van der Waals surface area contributed by atoms with E-state index in [9.17, 15) is 4.79 Å². The minimum Gasteiger partial charge on any atom is -0.468 e. The third-order valence-corrected chi connectivity index (χ3v) is 3.62. The third kappa shape index (κ3) is 4.47. The van der Waals surface area contributed by atoms with Gasteiger partial charge in [0.1, 0.15) is 11.5 Å². The highest BCUT2D eigenvalue weighted by atomic mass is 35.5. The van der Waals surface area contributed by atoms with E-state index in [1.807, 2.05) is 29.2 Å². The van der Waals surface area contributed by atoms with Crippen LogP contribution >= 0.6 is 11.6 Å². The molecule has 24 heavy (non-hydrogen) atoms. The van der Waals surface area contributed by atoms with Gasteiger partial charge >= 0.3 is 0 Å². The summed E-state index contributed by atoms with van der Waals surface area (Å²) in [5.74, 6) is 1.35. The maximum Gasteiger partial charge on any atom is 0.238 e. The van der Waals surface area contributed by atoms with E-state index < -0.39 is 0 Å². The van der Waals surface area contributed by atoms with E-state index in [1.165, 1.54) is 0 Å². The number of hydrogen-bond donors (Lipinski definition) is 1. The van der Waals surface area contributed by atoms with Crippen molar-refractivity contribution in [2.75, 3.05) is 11.9 Å². The van der Waals surface area contributed by atoms with E-state index in [-0.39, 0.29) is 17.6 Å². The molecule has 0 saturated carbocycles. The molecule has 0 spiro atoms. The van der Waals surface area contributed by atoms with Gasteiger partial charge in [0.2, 0.25) is 5.91 Å². The number of pyridine rings is 1. The summed E-state index contributed by atoms with van der Waals surface area (Å²) < 4.78 is 10.7. The van der Waals surface area contributed by atoms with Crippen LogP contribution in [0.1, 0.15) is 11.5 Å². The second-order valence-corrected chi connectivity index (χ2v) is 5.55. The highest BCUT2D eigenvalue weighted by Gasteiger charge is 2.15. The van der Waals surface area contributed by atoms with Crippen molar-refractivity contribution in [3.63, 3.8) is 0 Å². The molecule has 0 radical (unpaired) electrons. The molecule has 0 unspecified atom stereocenters. The van der Waals surface area contributed by atoms with Gasteiger partial charge in [-0.15, -0.1) is 0 Å². The molecule has 3 heterocycles. The van der Waals surface area contributed by atoms with Crippen LogP contribution in [-0.4, -0.2) is 22.3 Å². The summed E-state index contributed by atoms with van der Waals surface area (Å²) in [6.07, 6.45) is 4.78. The summed E-state index contributed by atoms with van der Waals surface area (Å²) in [6, 6.07) is 10.8. The van der Waals surface area contributed by atoms with E-state index in [0.29, 0.717) is 18.8 Å². The summed E-state index contributed by atoms with van der Waals surface area (Å²) in [6.45, 7) is 1.14. The molecule has 0 saturated heterocycles. The summed E-state index contributed by atoms with van der Waals surface area (Å²) in [4.78, 5) is 18.2. The fourth-order valence-electron chi connectivity index (χ4n) is 2.29. The van der Waals surface area contributed by atoms with E-state index >= 15 is 0 Å². The lowest BCUT2D eigenvalue weighted by Crippen LogP contribution is -2.32. The summed E-state index contributed by atoms with van der Waals surface area (Å²) in [7, 11) is 0. The zero-order chi connectivity index (χ0) is 16.8. The second-order valence-electron chi connectivity index (χ2n) is 5.19. The average Bonchev–Trinajstić information content (AvgIpc) is 3.23. The molecule has 0 aliphatic heterocycles. The lowest BCUT2D eigenvalue weighted by Gasteiger charge is -2.19. The number of aromatic nitrogens is 1. The van der Waals surface area contributed by atoms with Crippen LogP contribution in [0, 0.1) is 0 Å². The predicted octanol–water partition coefficient (Wildman–Crippen LogP) is 3.56. The molecule has 3 aromatic heterocycles. The molecule has 0 aliphatic carbocycles. The number of hydrogen-bond acceptors (Lipinski definition) is 5. The molecule has 0 aliphatic rings. The first-order valence-corrected chi connectivity index (χ1v) is 7.76. The molecule has 0 fully saturated rings. The first-order valence-electron chi connectivity index (χ1n) is 7.38. The molecular formula is C17H16ClN3O3. The van der Waals surface area contributed by atoms with E-state index in [1.54, 1.807) is 30.9 Å². The van der Waals surface area contributed by atoms with Crippen molar-refractivity contribution in [1.29, 1.82) is 0 Å². The molecule has 3 rings (SSSR count). The van der Waals surface area contributed by atoms with Crippen molar-refractivity contribution >= 4 is 23.2 Å². The van der Waals surface area contributed by atoms with Crippen LogP contribution in [0.4, 0.5) is 5.69 Å². The zero-order valence-corrected chi connectivity index (χ0v) is 13.6. The van der Waals surface area contributed by atoms with Gasteiger partial charge in [0, 0.05) is 6.20 Å². The van der Waals surface area contributed by atoms with Gasteiger partial charge in [-0.2, -0.15) is 0 Å². The number of rotatable bonds is 7. The van der Waals surface area contributed by atoms with Gasteiger partial charge in [-0.25, -0.2) is 4.98 Å². The molecule has 3 aromatic rings. The van der Waals surface area contributed by atoms with E-state index in [0.717, 1.165) is 11.5 Å². The van der Waals surface area contributed by atoms with E-state index in [2.05, 4.69) is 10.3 Å². The Bertz CT molecular complexity index is 736. The van der Waals surface area contributed by atoms with Gasteiger partial charge in [0.05, 0.1) is 37.8 Å². The normalized spacial score (nSPS) is 10.9. The minimum absolute atomic E-state index is 0.159. The van der Waals surface area contributed by atoms with Gasteiger partial charge in [-0.1, -0.05) is 11.6 Å². The molecule has 1 amide bonds. The fourth-order valence-corrected chi connectivity index (χ4v) is 2.45. The topological polar surface area (TPSA) is 71.5 Å². The Morgan fingerprint density at radius 3 is 2.29 bits per heavy atom. The van der Waals surface area contributed by atoms with Crippen molar-refractivity contribution in [1.82, 2.24) is 9.88 Å². The Balaban J connectivity index is 1.66. The maximum absolute atomic E-state index is 12.3. The lowest BCUT2D eigenvalue weighted by atomic mass is 10.3. The molecule has 0 atom stereocenters. The third-order valence-electron chi connectivity index (χ3n) is 3.32. The quantitative estimate of drug-likeness (QED) is 0.663. The van der Waals surface area contributed by atoms with Gasteiger partial charge in [-0.05, 0) is 36.4 Å².